The number of aromatic nitrogens is 1. The van der Waals surface area contributed by atoms with Crippen LogP contribution in [-0.2, 0) is 35.1 Å². The van der Waals surface area contributed by atoms with E-state index in [1.807, 2.05) is 38.1 Å². The zero-order valence-electron chi connectivity index (χ0n) is 22.3. The van der Waals surface area contributed by atoms with Crippen LogP contribution < -0.4 is 16.0 Å². The number of para-hydroxylation sites is 1. The zero-order valence-corrected chi connectivity index (χ0v) is 22.3. The number of fused-ring (bicyclic) bond motifs is 1. The highest BCUT2D eigenvalue weighted by molar-refractivity contribution is 6.26. The summed E-state index contributed by atoms with van der Waals surface area (Å²) in [6.45, 7) is 6.88. The van der Waals surface area contributed by atoms with Crippen LogP contribution in [0.1, 0.15) is 52.5 Å². The van der Waals surface area contributed by atoms with E-state index in [1.54, 1.807) is 13.1 Å². The second-order valence-corrected chi connectivity index (χ2v) is 9.47. The van der Waals surface area contributed by atoms with Gasteiger partial charge in [0, 0.05) is 36.9 Å². The summed E-state index contributed by atoms with van der Waals surface area (Å²) in [4.78, 5) is 65.8. The first-order valence-electron chi connectivity index (χ1n) is 12.7. The molecule has 3 amide bonds. The minimum Gasteiger partial charge on any atom is -0.464 e. The first-order chi connectivity index (χ1) is 18.0. The average molecular weight is 528 g/mol. The number of aromatic amines is 1. The molecule has 1 aromatic carbocycles. The van der Waals surface area contributed by atoms with Gasteiger partial charge in [0.2, 0.25) is 17.7 Å². The molecule has 0 aliphatic heterocycles. The van der Waals surface area contributed by atoms with Crippen LogP contribution in [0.4, 0.5) is 0 Å². The first kappa shape index (κ1) is 30.2. The van der Waals surface area contributed by atoms with Crippen LogP contribution in [0.5, 0.6) is 0 Å². The fourth-order valence-electron chi connectivity index (χ4n) is 4.08. The van der Waals surface area contributed by atoms with Gasteiger partial charge in [0.15, 0.2) is 5.78 Å². The molecule has 0 bridgehead atoms. The molecule has 0 aliphatic rings. The van der Waals surface area contributed by atoms with Gasteiger partial charge < -0.3 is 31.1 Å². The van der Waals surface area contributed by atoms with Gasteiger partial charge in [-0.3, -0.25) is 19.2 Å². The van der Waals surface area contributed by atoms with Crippen molar-refractivity contribution in [3.8, 4) is 0 Å². The monoisotopic (exact) mass is 527 g/mol. The van der Waals surface area contributed by atoms with Crippen molar-refractivity contribution in [3.05, 3.63) is 36.0 Å². The van der Waals surface area contributed by atoms with Crippen molar-refractivity contribution >= 4 is 46.6 Å². The molecule has 0 spiro atoms. The van der Waals surface area contributed by atoms with E-state index in [0.29, 0.717) is 12.6 Å². The van der Waals surface area contributed by atoms with Crippen molar-refractivity contribution in [1.29, 1.82) is 5.41 Å². The number of carbonyl (C=O) groups excluding carboxylic acids is 5. The summed E-state index contributed by atoms with van der Waals surface area (Å²) in [6.07, 6.45) is 2.62. The Bertz CT molecular complexity index is 1160. The lowest BCUT2D eigenvalue weighted by Crippen LogP contribution is -2.56. The van der Waals surface area contributed by atoms with Crippen LogP contribution in [0.25, 0.3) is 10.9 Å². The van der Waals surface area contributed by atoms with E-state index in [0.717, 1.165) is 16.5 Å². The molecule has 2 rings (SSSR count). The Morgan fingerprint density at radius 2 is 1.66 bits per heavy atom. The summed E-state index contributed by atoms with van der Waals surface area (Å²) in [7, 11) is 0. The standard InChI is InChI=1S/C27H37N5O6/c1-5-38-27(37)24(12-16(2)3)32-25(35)22(11-10-19(34)14-28)31-26(36)23(30-17(4)33)13-18-15-29-21-9-7-6-8-20(18)21/h6-9,14-16,22-24,28-29H,5,10-13H2,1-4H3,(H,30,33)(H,31,36)(H,32,35)/t22-,23-,24-/m0/s1. The Hall–Kier alpha value is -4.02. The maximum absolute atomic E-state index is 13.3. The molecule has 0 saturated heterocycles. The molecule has 0 saturated carbocycles. The molecule has 1 heterocycles. The normalized spacial score (nSPS) is 13.3. The predicted octanol–water partition coefficient (Wildman–Crippen LogP) is 1.79. The second kappa shape index (κ2) is 14.7. The molecule has 3 atom stereocenters. The van der Waals surface area contributed by atoms with Crippen LogP contribution in [0.15, 0.2) is 30.5 Å². The van der Waals surface area contributed by atoms with Crippen molar-refractivity contribution in [3.63, 3.8) is 0 Å². The predicted molar refractivity (Wildman–Crippen MR) is 143 cm³/mol. The van der Waals surface area contributed by atoms with E-state index in [4.69, 9.17) is 10.1 Å². The molecule has 5 N–H and O–H groups in total. The molecule has 0 unspecified atom stereocenters. The van der Waals surface area contributed by atoms with Gasteiger partial charge in [-0.2, -0.15) is 0 Å². The highest BCUT2D eigenvalue weighted by Crippen LogP contribution is 2.19. The number of Topliss-reactive ketones (excluding diaryl/α,β-unsaturated/α-hetero) is 1. The largest absolute Gasteiger partial charge is 0.464 e. The number of hydrogen-bond acceptors (Lipinski definition) is 7. The molecule has 0 fully saturated rings. The first-order valence-corrected chi connectivity index (χ1v) is 12.7. The third-order valence-corrected chi connectivity index (χ3v) is 5.86. The van der Waals surface area contributed by atoms with Gasteiger partial charge in [-0.15, -0.1) is 0 Å². The molecule has 1 aromatic heterocycles. The van der Waals surface area contributed by atoms with E-state index < -0.39 is 47.6 Å². The molecular weight excluding hydrogens is 490 g/mol. The topological polar surface area (TPSA) is 170 Å². The van der Waals surface area contributed by atoms with Crippen molar-refractivity contribution in [1.82, 2.24) is 20.9 Å². The van der Waals surface area contributed by atoms with E-state index in [9.17, 15) is 24.0 Å². The smallest absolute Gasteiger partial charge is 0.328 e. The Morgan fingerprint density at radius 1 is 1.00 bits per heavy atom. The molecule has 38 heavy (non-hydrogen) atoms. The Morgan fingerprint density at radius 3 is 2.29 bits per heavy atom. The number of H-pyrrole nitrogens is 1. The Balaban J connectivity index is 2.26. The molecule has 0 aliphatic carbocycles. The number of nitrogens with one attached hydrogen (secondary N) is 5. The minimum absolute atomic E-state index is 0.0672. The lowest BCUT2D eigenvalue weighted by atomic mass is 10.0. The molecule has 2 aromatic rings. The summed E-state index contributed by atoms with van der Waals surface area (Å²) in [5, 5.41) is 15.9. The van der Waals surface area contributed by atoms with Gasteiger partial charge in [-0.05, 0) is 37.3 Å². The number of benzene rings is 1. The summed E-state index contributed by atoms with van der Waals surface area (Å²) in [5.74, 6) is -2.75. The van der Waals surface area contributed by atoms with E-state index in [2.05, 4.69) is 20.9 Å². The zero-order chi connectivity index (χ0) is 28.2. The maximum atomic E-state index is 13.3. The van der Waals surface area contributed by atoms with Gasteiger partial charge in [0.25, 0.3) is 0 Å². The highest BCUT2D eigenvalue weighted by atomic mass is 16.5. The molecule has 206 valence electrons. The van der Waals surface area contributed by atoms with Crippen LogP contribution in [0.2, 0.25) is 0 Å². The Kier molecular flexibility index (Phi) is 11.6. The van der Waals surface area contributed by atoms with Gasteiger partial charge >= 0.3 is 5.97 Å². The Labute approximate surface area is 222 Å². The van der Waals surface area contributed by atoms with Crippen molar-refractivity contribution in [2.75, 3.05) is 6.61 Å². The highest BCUT2D eigenvalue weighted by Gasteiger charge is 2.31. The number of ketones is 1. The van der Waals surface area contributed by atoms with Gasteiger partial charge in [0.1, 0.15) is 18.1 Å². The van der Waals surface area contributed by atoms with Crippen LogP contribution in [-0.4, -0.2) is 65.4 Å². The SMILES string of the molecule is CCOC(=O)[C@H](CC(C)C)NC(=O)[C@H](CCC(=O)C=N)NC(=O)[C@H](Cc1c[nH]c2ccccc12)NC(C)=O. The molecule has 0 radical (unpaired) electrons. The van der Waals surface area contributed by atoms with Crippen LogP contribution in [0, 0.1) is 11.3 Å². The van der Waals surface area contributed by atoms with Crippen molar-refractivity contribution in [2.45, 2.75) is 71.5 Å². The fraction of sp³-hybridized carbons (Fsp3) is 0.481. The molecule has 11 nitrogen and oxygen atoms in total. The van der Waals surface area contributed by atoms with Gasteiger partial charge in [-0.25, -0.2) is 4.79 Å². The van der Waals surface area contributed by atoms with E-state index in [-0.39, 0.29) is 31.8 Å². The average Bonchev–Trinajstić information content (AvgIpc) is 3.27. The number of hydrogen-bond donors (Lipinski definition) is 5. The number of amides is 3. The third kappa shape index (κ3) is 9.13. The van der Waals surface area contributed by atoms with Crippen molar-refractivity contribution < 1.29 is 28.7 Å². The summed E-state index contributed by atoms with van der Waals surface area (Å²) in [5.41, 5.74) is 1.68. The lowest BCUT2D eigenvalue weighted by Gasteiger charge is -2.25. The molecule has 11 heteroatoms. The van der Waals surface area contributed by atoms with Gasteiger partial charge in [0.05, 0.1) is 12.8 Å². The number of esters is 1. The van der Waals surface area contributed by atoms with Crippen LogP contribution >= 0.6 is 0 Å². The third-order valence-electron chi connectivity index (χ3n) is 5.86. The molecular formula is C27H37N5O6. The lowest BCUT2D eigenvalue weighted by molar-refractivity contribution is -0.148. The van der Waals surface area contributed by atoms with E-state index >= 15 is 0 Å². The number of ether oxygens (including phenoxy) is 1. The second-order valence-electron chi connectivity index (χ2n) is 9.47. The van der Waals surface area contributed by atoms with Crippen LogP contribution in [0.3, 0.4) is 0 Å². The summed E-state index contributed by atoms with van der Waals surface area (Å²) >= 11 is 0. The fourth-order valence-corrected chi connectivity index (χ4v) is 4.08. The van der Waals surface area contributed by atoms with Gasteiger partial charge in [-0.1, -0.05) is 32.0 Å². The van der Waals surface area contributed by atoms with Crippen molar-refractivity contribution in [2.24, 2.45) is 5.92 Å². The summed E-state index contributed by atoms with van der Waals surface area (Å²) < 4.78 is 5.08. The van der Waals surface area contributed by atoms with E-state index in [1.165, 1.54) is 6.92 Å². The number of rotatable bonds is 15. The summed E-state index contributed by atoms with van der Waals surface area (Å²) in [6, 6.07) is 4.41. The minimum atomic E-state index is -1.19. The quantitative estimate of drug-likeness (QED) is 0.175. The maximum Gasteiger partial charge on any atom is 0.328 e. The number of carbonyl (C=O) groups is 5.